The number of rotatable bonds is 4. The lowest BCUT2D eigenvalue weighted by Gasteiger charge is -2.28. The Labute approximate surface area is 84.3 Å². The standard InChI is InChI=1S/C8H16O5Si/c1-5-8(11)14(4,12-6(2)9)13-7(3)10/h8,11H,5H2,1-4H3. The molecule has 0 aliphatic heterocycles. The highest BCUT2D eigenvalue weighted by Crippen LogP contribution is 2.15. The molecule has 0 bridgehead atoms. The van der Waals surface area contributed by atoms with Crippen molar-refractivity contribution in [3.63, 3.8) is 0 Å². The van der Waals surface area contributed by atoms with Gasteiger partial charge in [0.25, 0.3) is 11.9 Å². The Morgan fingerprint density at radius 2 is 1.64 bits per heavy atom. The van der Waals surface area contributed by atoms with E-state index in [1.165, 1.54) is 20.4 Å². The molecule has 0 amide bonds. The third-order valence-electron chi connectivity index (χ3n) is 1.68. The zero-order chi connectivity index (χ0) is 11.4. The smallest absolute Gasteiger partial charge is 0.484 e. The zero-order valence-electron chi connectivity index (χ0n) is 8.86. The first-order valence-corrected chi connectivity index (χ1v) is 6.78. The monoisotopic (exact) mass is 220 g/mol. The molecule has 82 valence electrons. The molecule has 1 N–H and O–H groups in total. The van der Waals surface area contributed by atoms with E-state index in [0.717, 1.165) is 0 Å². The fourth-order valence-corrected chi connectivity index (χ4v) is 3.30. The molecule has 0 aromatic carbocycles. The van der Waals surface area contributed by atoms with Crippen LogP contribution in [0.1, 0.15) is 27.2 Å². The number of aliphatic hydroxyl groups excluding tert-OH is 1. The molecule has 1 unspecified atom stereocenters. The molecule has 1 atom stereocenters. The van der Waals surface area contributed by atoms with Gasteiger partial charge in [-0.3, -0.25) is 9.59 Å². The maximum Gasteiger partial charge on any atom is 0.490 e. The fourth-order valence-electron chi connectivity index (χ4n) is 1.10. The van der Waals surface area contributed by atoms with Gasteiger partial charge >= 0.3 is 8.56 Å². The first kappa shape index (κ1) is 13.1. The summed E-state index contributed by atoms with van der Waals surface area (Å²) in [6.07, 6.45) is 0.378. The van der Waals surface area contributed by atoms with E-state index in [9.17, 15) is 14.7 Å². The molecule has 5 nitrogen and oxygen atoms in total. The molecule has 0 rings (SSSR count). The van der Waals surface area contributed by atoms with Crippen molar-refractivity contribution in [1.29, 1.82) is 0 Å². The molecule has 0 spiro atoms. The minimum Gasteiger partial charge on any atom is -0.484 e. The highest BCUT2D eigenvalue weighted by atomic mass is 28.4. The number of hydrogen-bond donors (Lipinski definition) is 1. The summed E-state index contributed by atoms with van der Waals surface area (Å²) < 4.78 is 9.82. The second-order valence-electron chi connectivity index (χ2n) is 3.13. The lowest BCUT2D eigenvalue weighted by Crippen LogP contribution is -2.52. The predicted octanol–water partition coefficient (Wildman–Crippen LogP) is 0.495. The van der Waals surface area contributed by atoms with Crippen LogP contribution in [-0.2, 0) is 18.4 Å². The summed E-state index contributed by atoms with van der Waals surface area (Å²) in [6.45, 7) is 5.65. The molecule has 0 fully saturated rings. The van der Waals surface area contributed by atoms with Crippen molar-refractivity contribution >= 4 is 20.5 Å². The summed E-state index contributed by atoms with van der Waals surface area (Å²) in [5.74, 6) is -1.10. The van der Waals surface area contributed by atoms with E-state index in [0.29, 0.717) is 6.42 Å². The quantitative estimate of drug-likeness (QED) is 0.698. The minimum atomic E-state index is -3.12. The highest BCUT2D eigenvalue weighted by Gasteiger charge is 2.45. The Balaban J connectivity index is 4.64. The van der Waals surface area contributed by atoms with Crippen molar-refractivity contribution in [2.45, 2.75) is 39.5 Å². The molecule has 0 radical (unpaired) electrons. The molecular formula is C8H16O5Si. The molecule has 14 heavy (non-hydrogen) atoms. The summed E-state index contributed by atoms with van der Waals surface area (Å²) in [6, 6.07) is 0. The van der Waals surface area contributed by atoms with Crippen LogP contribution >= 0.6 is 0 Å². The Morgan fingerprint density at radius 3 is 1.86 bits per heavy atom. The summed E-state index contributed by atoms with van der Waals surface area (Å²) in [4.78, 5) is 21.5. The van der Waals surface area contributed by atoms with Crippen LogP contribution in [0.25, 0.3) is 0 Å². The van der Waals surface area contributed by atoms with Gasteiger partial charge in [0.2, 0.25) is 0 Å². The number of carbonyl (C=O) groups is 2. The molecule has 0 saturated heterocycles. The molecule has 0 aromatic heterocycles. The zero-order valence-corrected chi connectivity index (χ0v) is 9.86. The van der Waals surface area contributed by atoms with E-state index in [2.05, 4.69) is 0 Å². The summed E-state index contributed by atoms with van der Waals surface area (Å²) >= 11 is 0. The Bertz CT molecular complexity index is 212. The fraction of sp³-hybridized carbons (Fsp3) is 0.750. The molecule has 0 aliphatic rings. The van der Waals surface area contributed by atoms with E-state index in [4.69, 9.17) is 8.85 Å². The van der Waals surface area contributed by atoms with Crippen molar-refractivity contribution in [1.82, 2.24) is 0 Å². The molecular weight excluding hydrogens is 204 g/mol. The average molecular weight is 220 g/mol. The SMILES string of the molecule is CCC(O)[Si](C)(OC(C)=O)OC(C)=O. The van der Waals surface area contributed by atoms with E-state index >= 15 is 0 Å². The van der Waals surface area contributed by atoms with Crippen LogP contribution in [0, 0.1) is 0 Å². The summed E-state index contributed by atoms with van der Waals surface area (Å²) in [7, 11) is -3.12. The van der Waals surface area contributed by atoms with E-state index in [1.54, 1.807) is 6.92 Å². The summed E-state index contributed by atoms with van der Waals surface area (Å²) in [5, 5.41) is 9.58. The van der Waals surface area contributed by atoms with Crippen molar-refractivity contribution in [2.24, 2.45) is 0 Å². The van der Waals surface area contributed by atoms with Gasteiger partial charge in [-0.15, -0.1) is 0 Å². The van der Waals surface area contributed by atoms with Crippen molar-refractivity contribution in [2.75, 3.05) is 0 Å². The largest absolute Gasteiger partial charge is 0.490 e. The van der Waals surface area contributed by atoms with Gasteiger partial charge in [-0.1, -0.05) is 6.92 Å². The van der Waals surface area contributed by atoms with Gasteiger partial charge in [0.1, 0.15) is 5.73 Å². The number of aliphatic hydroxyl groups is 1. The number of hydrogen-bond acceptors (Lipinski definition) is 5. The maximum atomic E-state index is 10.8. The Hall–Kier alpha value is -0.883. The van der Waals surface area contributed by atoms with Crippen LogP contribution in [0.5, 0.6) is 0 Å². The van der Waals surface area contributed by atoms with E-state index < -0.39 is 26.2 Å². The van der Waals surface area contributed by atoms with Crippen LogP contribution in [0.4, 0.5) is 0 Å². The van der Waals surface area contributed by atoms with E-state index in [1.807, 2.05) is 0 Å². The summed E-state index contributed by atoms with van der Waals surface area (Å²) in [5.41, 5.74) is -0.893. The van der Waals surface area contributed by atoms with Gasteiger partial charge in [-0.2, -0.15) is 0 Å². The lowest BCUT2D eigenvalue weighted by molar-refractivity contribution is -0.140. The lowest BCUT2D eigenvalue weighted by atomic mass is 10.5. The normalized spacial score (nSPS) is 13.2. The highest BCUT2D eigenvalue weighted by molar-refractivity contribution is 6.70. The van der Waals surface area contributed by atoms with Gasteiger partial charge in [-0.05, 0) is 6.42 Å². The first-order chi connectivity index (χ1) is 6.31. The topological polar surface area (TPSA) is 72.8 Å². The molecule has 0 aliphatic carbocycles. The molecule has 0 saturated carbocycles. The van der Waals surface area contributed by atoms with Gasteiger partial charge in [0.15, 0.2) is 0 Å². The average Bonchev–Trinajstić information content (AvgIpc) is 1.99. The molecule has 6 heteroatoms. The second kappa shape index (κ2) is 5.11. The van der Waals surface area contributed by atoms with Crippen LogP contribution in [0.15, 0.2) is 0 Å². The van der Waals surface area contributed by atoms with Gasteiger partial charge < -0.3 is 14.0 Å². The van der Waals surface area contributed by atoms with Crippen LogP contribution in [0.2, 0.25) is 6.55 Å². The maximum absolute atomic E-state index is 10.8. The van der Waals surface area contributed by atoms with Crippen molar-refractivity contribution in [3.8, 4) is 0 Å². The second-order valence-corrected chi connectivity index (χ2v) is 6.23. The van der Waals surface area contributed by atoms with Crippen LogP contribution in [0.3, 0.4) is 0 Å². The predicted molar refractivity (Wildman–Crippen MR) is 51.4 cm³/mol. The Kier molecular flexibility index (Phi) is 4.79. The van der Waals surface area contributed by atoms with Gasteiger partial charge in [0.05, 0.1) is 0 Å². The van der Waals surface area contributed by atoms with Crippen molar-refractivity contribution < 1.29 is 23.5 Å². The molecule has 0 aromatic rings. The van der Waals surface area contributed by atoms with Crippen LogP contribution in [-0.4, -0.2) is 31.3 Å². The van der Waals surface area contributed by atoms with Crippen molar-refractivity contribution in [3.05, 3.63) is 0 Å². The third kappa shape index (κ3) is 3.88. The Morgan fingerprint density at radius 1 is 1.29 bits per heavy atom. The number of carbonyl (C=O) groups excluding carboxylic acids is 2. The molecule has 0 heterocycles. The van der Waals surface area contributed by atoms with Gasteiger partial charge in [0, 0.05) is 20.4 Å². The van der Waals surface area contributed by atoms with E-state index in [-0.39, 0.29) is 0 Å². The third-order valence-corrected chi connectivity index (χ3v) is 4.69. The minimum absolute atomic E-state index is 0.378. The van der Waals surface area contributed by atoms with Crippen LogP contribution < -0.4 is 0 Å². The van der Waals surface area contributed by atoms with Gasteiger partial charge in [-0.25, -0.2) is 0 Å². The first-order valence-electron chi connectivity index (χ1n) is 4.39.